The molecule has 1 aliphatic carbocycles. The molecule has 1 aliphatic rings. The predicted molar refractivity (Wildman–Crippen MR) is 115 cm³/mol. The van der Waals surface area contributed by atoms with E-state index in [2.05, 4.69) is 5.32 Å². The first kappa shape index (κ1) is 21.7. The summed E-state index contributed by atoms with van der Waals surface area (Å²) in [5, 5.41) is 3.05. The second kappa shape index (κ2) is 9.65. The van der Waals surface area contributed by atoms with Gasteiger partial charge in [0.05, 0.1) is 31.8 Å². The molecule has 0 aromatic heterocycles. The van der Waals surface area contributed by atoms with Gasteiger partial charge in [-0.1, -0.05) is 25.3 Å². The van der Waals surface area contributed by atoms with E-state index in [9.17, 15) is 9.59 Å². The van der Waals surface area contributed by atoms with Crippen molar-refractivity contribution in [1.82, 2.24) is 0 Å². The van der Waals surface area contributed by atoms with E-state index in [1.54, 1.807) is 45.4 Å². The van der Waals surface area contributed by atoms with E-state index in [4.69, 9.17) is 14.2 Å². The van der Waals surface area contributed by atoms with Gasteiger partial charge in [-0.25, -0.2) is 4.79 Å². The lowest BCUT2D eigenvalue weighted by Gasteiger charge is -2.36. The minimum Gasteiger partial charge on any atom is -0.493 e. The molecule has 1 amide bonds. The molecule has 0 radical (unpaired) electrons. The van der Waals surface area contributed by atoms with E-state index in [1.807, 2.05) is 18.2 Å². The van der Waals surface area contributed by atoms with Crippen LogP contribution in [0, 0.1) is 0 Å². The van der Waals surface area contributed by atoms with Gasteiger partial charge in [-0.05, 0) is 61.7 Å². The predicted octanol–water partition coefficient (Wildman–Crippen LogP) is 4.72. The number of rotatable bonds is 7. The molecule has 1 N–H and O–H groups in total. The summed E-state index contributed by atoms with van der Waals surface area (Å²) in [5.74, 6) is 0.844. The molecule has 0 atom stereocenters. The fraction of sp³-hybridized carbons (Fsp3) is 0.417. The van der Waals surface area contributed by atoms with Crippen LogP contribution >= 0.6 is 0 Å². The van der Waals surface area contributed by atoms with Gasteiger partial charge in [-0.3, -0.25) is 4.79 Å². The van der Waals surface area contributed by atoms with Gasteiger partial charge in [0.15, 0.2) is 11.5 Å². The molecule has 0 aliphatic heterocycles. The molecule has 2 aromatic rings. The molecule has 160 valence electrons. The van der Waals surface area contributed by atoms with Crippen LogP contribution in [-0.2, 0) is 14.9 Å². The SMILES string of the molecule is CCOC(=O)c1ccc(NC(=O)C2(c3ccc(OC)c(OC)c3)CCCCC2)cc1. The highest BCUT2D eigenvalue weighted by atomic mass is 16.5. The van der Waals surface area contributed by atoms with Gasteiger partial charge in [0.2, 0.25) is 5.91 Å². The van der Waals surface area contributed by atoms with Crippen molar-refractivity contribution >= 4 is 17.6 Å². The van der Waals surface area contributed by atoms with Gasteiger partial charge >= 0.3 is 5.97 Å². The molecular weight excluding hydrogens is 382 g/mol. The van der Waals surface area contributed by atoms with Crippen molar-refractivity contribution in [1.29, 1.82) is 0 Å². The van der Waals surface area contributed by atoms with Gasteiger partial charge in [0.1, 0.15) is 0 Å². The van der Waals surface area contributed by atoms with Crippen molar-refractivity contribution < 1.29 is 23.8 Å². The number of carbonyl (C=O) groups excluding carboxylic acids is 2. The second-order valence-corrected chi connectivity index (χ2v) is 7.46. The smallest absolute Gasteiger partial charge is 0.338 e. The summed E-state index contributed by atoms with van der Waals surface area (Å²) in [5.41, 5.74) is 1.42. The highest BCUT2D eigenvalue weighted by molar-refractivity contribution is 6.00. The summed E-state index contributed by atoms with van der Waals surface area (Å²) in [6.07, 6.45) is 4.65. The quantitative estimate of drug-likeness (QED) is 0.667. The zero-order valence-electron chi connectivity index (χ0n) is 17.8. The maximum absolute atomic E-state index is 13.5. The number of hydrogen-bond donors (Lipinski definition) is 1. The number of esters is 1. The topological polar surface area (TPSA) is 73.9 Å². The minimum atomic E-state index is -0.627. The fourth-order valence-corrected chi connectivity index (χ4v) is 4.09. The first-order valence-corrected chi connectivity index (χ1v) is 10.3. The van der Waals surface area contributed by atoms with Crippen molar-refractivity contribution in [2.75, 3.05) is 26.1 Å². The Morgan fingerprint density at radius 1 is 0.933 bits per heavy atom. The van der Waals surface area contributed by atoms with E-state index in [-0.39, 0.29) is 11.9 Å². The number of benzene rings is 2. The molecule has 6 heteroatoms. The van der Waals surface area contributed by atoms with Crippen molar-refractivity contribution in [2.24, 2.45) is 0 Å². The molecule has 0 heterocycles. The number of amides is 1. The number of nitrogens with one attached hydrogen (secondary N) is 1. The van der Waals surface area contributed by atoms with Crippen molar-refractivity contribution in [2.45, 2.75) is 44.4 Å². The molecule has 30 heavy (non-hydrogen) atoms. The zero-order chi connectivity index (χ0) is 21.6. The Labute approximate surface area is 177 Å². The Morgan fingerprint density at radius 2 is 1.60 bits per heavy atom. The summed E-state index contributed by atoms with van der Waals surface area (Å²) in [6, 6.07) is 12.5. The Balaban J connectivity index is 1.87. The average molecular weight is 411 g/mol. The molecular formula is C24H29NO5. The lowest BCUT2D eigenvalue weighted by atomic mass is 9.68. The Kier molecular flexibility index (Phi) is 6.98. The summed E-state index contributed by atoms with van der Waals surface area (Å²) in [6.45, 7) is 2.09. The molecule has 3 rings (SSSR count). The van der Waals surface area contributed by atoms with Gasteiger partial charge < -0.3 is 19.5 Å². The Morgan fingerprint density at radius 3 is 2.20 bits per heavy atom. The summed E-state index contributed by atoms with van der Waals surface area (Å²) < 4.78 is 15.8. The average Bonchev–Trinajstić information content (AvgIpc) is 2.79. The van der Waals surface area contributed by atoms with E-state index in [0.29, 0.717) is 29.4 Å². The third-order valence-electron chi connectivity index (χ3n) is 5.73. The summed E-state index contributed by atoms with van der Waals surface area (Å²) in [4.78, 5) is 25.3. The third kappa shape index (κ3) is 4.42. The highest BCUT2D eigenvalue weighted by Gasteiger charge is 2.41. The summed E-state index contributed by atoms with van der Waals surface area (Å²) in [7, 11) is 3.20. The zero-order valence-corrected chi connectivity index (χ0v) is 17.8. The van der Waals surface area contributed by atoms with Crippen LogP contribution in [0.5, 0.6) is 11.5 Å². The third-order valence-corrected chi connectivity index (χ3v) is 5.73. The molecule has 0 spiro atoms. The van der Waals surface area contributed by atoms with Crippen molar-refractivity contribution in [3.63, 3.8) is 0 Å². The van der Waals surface area contributed by atoms with E-state index in [1.165, 1.54) is 0 Å². The number of ether oxygens (including phenoxy) is 3. The van der Waals surface area contributed by atoms with Crippen LogP contribution in [0.2, 0.25) is 0 Å². The van der Waals surface area contributed by atoms with E-state index in [0.717, 1.165) is 37.7 Å². The van der Waals surface area contributed by atoms with Gasteiger partial charge in [-0.15, -0.1) is 0 Å². The molecule has 2 aromatic carbocycles. The van der Waals surface area contributed by atoms with Crippen LogP contribution in [0.3, 0.4) is 0 Å². The largest absolute Gasteiger partial charge is 0.493 e. The van der Waals surface area contributed by atoms with Crippen LogP contribution < -0.4 is 14.8 Å². The first-order valence-electron chi connectivity index (χ1n) is 10.3. The van der Waals surface area contributed by atoms with E-state index < -0.39 is 5.41 Å². The van der Waals surface area contributed by atoms with Crippen molar-refractivity contribution in [3.05, 3.63) is 53.6 Å². The first-order chi connectivity index (χ1) is 14.5. The van der Waals surface area contributed by atoms with Gasteiger partial charge in [0, 0.05) is 5.69 Å². The molecule has 0 unspecified atom stereocenters. The lowest BCUT2D eigenvalue weighted by Crippen LogP contribution is -2.42. The van der Waals surface area contributed by atoms with Crippen LogP contribution in [0.25, 0.3) is 0 Å². The molecule has 6 nitrogen and oxygen atoms in total. The molecule has 1 fully saturated rings. The van der Waals surface area contributed by atoms with Crippen LogP contribution in [-0.4, -0.2) is 32.7 Å². The van der Waals surface area contributed by atoms with E-state index >= 15 is 0 Å². The molecule has 1 saturated carbocycles. The van der Waals surface area contributed by atoms with Gasteiger partial charge in [-0.2, -0.15) is 0 Å². The van der Waals surface area contributed by atoms with Crippen LogP contribution in [0.15, 0.2) is 42.5 Å². The maximum atomic E-state index is 13.5. The Bertz CT molecular complexity index is 885. The van der Waals surface area contributed by atoms with Crippen molar-refractivity contribution in [3.8, 4) is 11.5 Å². The Hall–Kier alpha value is -3.02. The monoisotopic (exact) mass is 411 g/mol. The second-order valence-electron chi connectivity index (χ2n) is 7.46. The molecule has 0 bridgehead atoms. The number of hydrogen-bond acceptors (Lipinski definition) is 5. The highest BCUT2D eigenvalue weighted by Crippen LogP contribution is 2.43. The van der Waals surface area contributed by atoms with Crippen LogP contribution in [0.1, 0.15) is 54.9 Å². The lowest BCUT2D eigenvalue weighted by molar-refractivity contribution is -0.122. The summed E-state index contributed by atoms with van der Waals surface area (Å²) >= 11 is 0. The minimum absolute atomic E-state index is 0.0432. The maximum Gasteiger partial charge on any atom is 0.338 e. The number of methoxy groups -OCH3 is 2. The van der Waals surface area contributed by atoms with Gasteiger partial charge in [0.25, 0.3) is 0 Å². The normalized spacial score (nSPS) is 15.2. The number of carbonyl (C=O) groups is 2. The van der Waals surface area contributed by atoms with Crippen LogP contribution in [0.4, 0.5) is 5.69 Å². The standard InChI is InChI=1S/C24H29NO5/c1-4-30-22(26)17-8-11-19(12-9-17)25-23(27)24(14-6-5-7-15-24)18-10-13-20(28-2)21(16-18)29-3/h8-13,16H,4-7,14-15H2,1-3H3,(H,25,27). The fourth-order valence-electron chi connectivity index (χ4n) is 4.09. The number of anilines is 1. The molecule has 0 saturated heterocycles.